The summed E-state index contributed by atoms with van der Waals surface area (Å²) in [4.78, 5) is 24.1. The fourth-order valence-corrected chi connectivity index (χ4v) is 4.75. The van der Waals surface area contributed by atoms with Crippen LogP contribution in [0.5, 0.6) is 5.88 Å². The Balaban J connectivity index is 1.74. The Morgan fingerprint density at radius 3 is 3.00 bits per heavy atom. The summed E-state index contributed by atoms with van der Waals surface area (Å²) in [5.41, 5.74) is 4.25. The lowest BCUT2D eigenvalue weighted by Gasteiger charge is -2.44. The molecule has 2 atom stereocenters. The molecule has 0 radical (unpaired) electrons. The summed E-state index contributed by atoms with van der Waals surface area (Å²) >= 11 is 1.35. The van der Waals surface area contributed by atoms with Gasteiger partial charge < -0.3 is 15.2 Å². The normalized spacial score (nSPS) is 23.0. The van der Waals surface area contributed by atoms with Crippen molar-refractivity contribution < 1.29 is 27.5 Å². The lowest BCUT2D eigenvalue weighted by atomic mass is 9.75. The first-order chi connectivity index (χ1) is 14.9. The van der Waals surface area contributed by atoms with Crippen LogP contribution in [0.15, 0.2) is 29.4 Å². The third-order valence-electron chi connectivity index (χ3n) is 5.29. The molecule has 4 rings (SSSR count). The van der Waals surface area contributed by atoms with E-state index in [2.05, 4.69) is 15.0 Å². The molecule has 0 aliphatic carbocycles. The number of carbonyl (C=O) groups is 1. The van der Waals surface area contributed by atoms with E-state index in [0.717, 1.165) is 19.2 Å². The van der Waals surface area contributed by atoms with Crippen molar-refractivity contribution in [2.24, 2.45) is 16.6 Å². The van der Waals surface area contributed by atoms with Crippen LogP contribution in [-0.2, 0) is 10.3 Å². The van der Waals surface area contributed by atoms with Crippen molar-refractivity contribution in [2.75, 3.05) is 31.2 Å². The van der Waals surface area contributed by atoms with Gasteiger partial charge >= 0.3 is 5.91 Å². The second-order valence-corrected chi connectivity index (χ2v) is 8.05. The number of hydrogen-bond donors (Lipinski definition) is 1. The maximum atomic E-state index is 15.1. The quantitative estimate of drug-likeness (QED) is 0.710. The third kappa shape index (κ3) is 3.81. The number of anilines is 1. The van der Waals surface area contributed by atoms with E-state index in [0.29, 0.717) is 36.8 Å². The summed E-state index contributed by atoms with van der Waals surface area (Å²) in [7, 11) is 1.15. The highest BCUT2D eigenvalue weighted by Crippen LogP contribution is 2.46. The van der Waals surface area contributed by atoms with Gasteiger partial charge in [0.1, 0.15) is 5.82 Å². The van der Waals surface area contributed by atoms with Crippen LogP contribution in [0.4, 0.5) is 18.9 Å². The Morgan fingerprint density at radius 1 is 1.42 bits per heavy atom. The highest BCUT2D eigenvalue weighted by atomic mass is 32.2. The van der Waals surface area contributed by atoms with Gasteiger partial charge in [-0.1, -0.05) is 16.2 Å². The molecule has 1 aromatic heterocycles. The van der Waals surface area contributed by atoms with E-state index in [-0.39, 0.29) is 22.3 Å². The number of thioether (sulfide) groups is 1. The molecule has 2 aliphatic heterocycles. The van der Waals surface area contributed by atoms with Crippen LogP contribution in [0.1, 0.15) is 22.5 Å². The molecule has 0 saturated carbocycles. The minimum absolute atomic E-state index is 0.120. The average Bonchev–Trinajstić information content (AvgIpc) is 2.78. The SMILES string of the molecule is COc1nc(F)cnc1C(=O)N(F)c1ccc(F)c([C@]23CCOC[C@H]2CSC(N)=N3)c1. The van der Waals surface area contributed by atoms with Gasteiger partial charge in [-0.2, -0.15) is 9.37 Å². The number of hydrogen-bond acceptors (Lipinski definition) is 8. The number of methoxy groups -OCH3 is 1. The molecule has 1 saturated heterocycles. The number of aromatic nitrogens is 2. The molecule has 2 aromatic rings. The van der Waals surface area contributed by atoms with Crippen LogP contribution < -0.4 is 15.6 Å². The van der Waals surface area contributed by atoms with Crippen molar-refractivity contribution in [3.05, 3.63) is 47.4 Å². The first-order valence-electron chi connectivity index (χ1n) is 9.28. The summed E-state index contributed by atoms with van der Waals surface area (Å²) in [5.74, 6) is -2.91. The number of nitrogens with zero attached hydrogens (tertiary/aromatic N) is 4. The van der Waals surface area contributed by atoms with Crippen molar-refractivity contribution in [1.82, 2.24) is 9.97 Å². The van der Waals surface area contributed by atoms with Gasteiger partial charge in [0.2, 0.25) is 11.8 Å². The molecule has 2 N–H and O–H groups in total. The van der Waals surface area contributed by atoms with Crippen molar-refractivity contribution >= 4 is 28.5 Å². The van der Waals surface area contributed by atoms with Crippen LogP contribution in [0.2, 0.25) is 0 Å². The Kier molecular flexibility index (Phi) is 5.75. The number of amidine groups is 1. The summed E-state index contributed by atoms with van der Waals surface area (Å²) in [5, 5.41) is 0.0886. The van der Waals surface area contributed by atoms with Gasteiger partial charge in [0.25, 0.3) is 0 Å². The number of amides is 1. The minimum atomic E-state index is -1.25. The maximum absolute atomic E-state index is 15.1. The van der Waals surface area contributed by atoms with Crippen molar-refractivity contribution in [3.63, 3.8) is 0 Å². The van der Waals surface area contributed by atoms with Gasteiger partial charge in [-0.25, -0.2) is 9.37 Å². The molecule has 1 fully saturated rings. The summed E-state index contributed by atoms with van der Waals surface area (Å²) in [6.07, 6.45) is 1.03. The van der Waals surface area contributed by atoms with Crippen molar-refractivity contribution in [3.8, 4) is 5.88 Å². The van der Waals surface area contributed by atoms with Crippen LogP contribution in [0, 0.1) is 17.7 Å². The number of rotatable bonds is 4. The number of halogens is 3. The minimum Gasteiger partial charge on any atom is -0.479 e. The van der Waals surface area contributed by atoms with Crippen LogP contribution in [0.3, 0.4) is 0 Å². The second-order valence-electron chi connectivity index (χ2n) is 7.01. The molecule has 12 heteroatoms. The predicted molar refractivity (Wildman–Crippen MR) is 108 cm³/mol. The summed E-state index contributed by atoms with van der Waals surface area (Å²) in [6, 6.07) is 3.39. The fourth-order valence-electron chi connectivity index (χ4n) is 3.78. The maximum Gasteiger partial charge on any atom is 0.310 e. The van der Waals surface area contributed by atoms with E-state index >= 15 is 4.48 Å². The number of carbonyl (C=O) groups excluding carboxylic acids is 1. The highest BCUT2D eigenvalue weighted by Gasteiger charge is 2.47. The summed E-state index contributed by atoms with van der Waals surface area (Å²) < 4.78 is 53.6. The molecule has 31 heavy (non-hydrogen) atoms. The van der Waals surface area contributed by atoms with Gasteiger partial charge in [-0.3, -0.25) is 9.79 Å². The van der Waals surface area contributed by atoms with Crippen LogP contribution in [-0.4, -0.2) is 47.1 Å². The lowest BCUT2D eigenvalue weighted by molar-refractivity contribution is 0.00884. The van der Waals surface area contributed by atoms with E-state index in [9.17, 15) is 13.6 Å². The first kappa shape index (κ1) is 21.4. The van der Waals surface area contributed by atoms with Gasteiger partial charge in [-0.05, 0) is 18.2 Å². The fraction of sp³-hybridized carbons (Fsp3) is 0.368. The third-order valence-corrected chi connectivity index (χ3v) is 6.25. The molecule has 8 nitrogen and oxygen atoms in total. The topological polar surface area (TPSA) is 103 Å². The Hall–Kier alpha value is -2.86. The van der Waals surface area contributed by atoms with Gasteiger partial charge in [0, 0.05) is 30.3 Å². The van der Waals surface area contributed by atoms with Gasteiger partial charge in [-0.15, -0.1) is 5.12 Å². The zero-order chi connectivity index (χ0) is 22.2. The molecule has 3 heterocycles. The number of ether oxygens (including phenoxy) is 2. The molecule has 0 unspecified atom stereocenters. The largest absolute Gasteiger partial charge is 0.479 e. The Labute approximate surface area is 179 Å². The molecular formula is C19H18F3N5O3S. The van der Waals surface area contributed by atoms with E-state index in [1.54, 1.807) is 0 Å². The van der Waals surface area contributed by atoms with E-state index in [1.165, 1.54) is 17.8 Å². The lowest BCUT2D eigenvalue weighted by Crippen LogP contribution is -2.47. The number of fused-ring (bicyclic) bond motifs is 1. The Bertz CT molecular complexity index is 1060. The second kappa shape index (κ2) is 8.35. The number of benzene rings is 1. The van der Waals surface area contributed by atoms with Crippen molar-refractivity contribution in [2.45, 2.75) is 12.0 Å². The monoisotopic (exact) mass is 453 g/mol. The molecule has 164 valence electrons. The highest BCUT2D eigenvalue weighted by molar-refractivity contribution is 8.13. The zero-order valence-corrected chi connectivity index (χ0v) is 17.2. The van der Waals surface area contributed by atoms with E-state index in [1.807, 2.05) is 0 Å². The van der Waals surface area contributed by atoms with Crippen LogP contribution >= 0.6 is 11.8 Å². The van der Waals surface area contributed by atoms with Gasteiger partial charge in [0.15, 0.2) is 10.9 Å². The molecule has 0 spiro atoms. The van der Waals surface area contributed by atoms with Crippen molar-refractivity contribution in [1.29, 1.82) is 0 Å². The van der Waals surface area contributed by atoms with Gasteiger partial charge in [0.05, 0.1) is 31.1 Å². The molecule has 2 aliphatic rings. The molecule has 1 aromatic carbocycles. The molecule has 1 amide bonds. The van der Waals surface area contributed by atoms with E-state index < -0.39 is 34.8 Å². The van der Waals surface area contributed by atoms with Crippen LogP contribution in [0.25, 0.3) is 0 Å². The standard InChI is InChI=1S/C19H18F3N5O3S/c1-29-16-15(24-7-14(21)25-16)17(28)27(22)11-2-3-13(20)12(6-11)19-4-5-30-8-10(19)9-31-18(23)26-19/h2-3,6-7,10H,4-5,8-9H2,1H3,(H2,23,26)/t10-,19-/m0/s1. The smallest absolute Gasteiger partial charge is 0.310 e. The number of aliphatic imine (C=N–C) groups is 1. The zero-order valence-electron chi connectivity index (χ0n) is 16.3. The number of nitrogens with two attached hydrogens (primary N) is 1. The average molecular weight is 453 g/mol. The molecular weight excluding hydrogens is 435 g/mol. The first-order valence-corrected chi connectivity index (χ1v) is 10.3. The Morgan fingerprint density at radius 2 is 2.23 bits per heavy atom. The molecule has 0 bridgehead atoms. The summed E-state index contributed by atoms with van der Waals surface area (Å²) in [6.45, 7) is 0.691. The predicted octanol–water partition coefficient (Wildman–Crippen LogP) is 2.59. The van der Waals surface area contributed by atoms with E-state index in [4.69, 9.17) is 15.2 Å².